The summed E-state index contributed by atoms with van der Waals surface area (Å²) in [5.74, 6) is 0.0586. The number of hydrogen-bond acceptors (Lipinski definition) is 2. The van der Waals surface area contributed by atoms with E-state index in [0.717, 1.165) is 5.70 Å². The number of amides is 1. The van der Waals surface area contributed by atoms with Gasteiger partial charge in [-0.3, -0.25) is 4.79 Å². The molecule has 11 heavy (non-hydrogen) atoms. The summed E-state index contributed by atoms with van der Waals surface area (Å²) in [5, 5.41) is -0.150. The average Bonchev–Trinajstić information content (AvgIpc) is 2.22. The highest BCUT2D eigenvalue weighted by Gasteiger charge is 2.28. The molecule has 1 atom stereocenters. The van der Waals surface area contributed by atoms with Gasteiger partial charge in [0.1, 0.15) is 0 Å². The van der Waals surface area contributed by atoms with Crippen LogP contribution < -0.4 is 0 Å². The van der Waals surface area contributed by atoms with E-state index < -0.39 is 0 Å². The van der Waals surface area contributed by atoms with Crippen molar-refractivity contribution in [2.45, 2.75) is 25.5 Å². The first-order chi connectivity index (χ1) is 5.13. The van der Waals surface area contributed by atoms with Crippen LogP contribution in [-0.4, -0.2) is 23.1 Å². The predicted octanol–water partition coefficient (Wildman–Crippen LogP) is 1.69. The van der Waals surface area contributed by atoms with E-state index in [9.17, 15) is 4.79 Å². The average molecular weight is 173 g/mol. The first-order valence-corrected chi connectivity index (χ1v) is 4.28. The van der Waals surface area contributed by atoms with Crippen LogP contribution in [-0.2, 0) is 4.79 Å². The molecule has 64 valence electrons. The van der Waals surface area contributed by atoms with E-state index >= 15 is 0 Å². The third kappa shape index (κ3) is 2.26. The molecule has 1 heterocycles. The molecule has 1 aliphatic rings. The number of thiol groups is 1. The molecule has 1 rings (SSSR count). The summed E-state index contributed by atoms with van der Waals surface area (Å²) in [6.45, 7) is 7.69. The van der Waals surface area contributed by atoms with Crippen molar-refractivity contribution in [1.82, 2.24) is 4.90 Å². The fourth-order valence-corrected chi connectivity index (χ4v) is 1.21. The summed E-state index contributed by atoms with van der Waals surface area (Å²) < 4.78 is 0. The van der Waals surface area contributed by atoms with Crippen LogP contribution in [0.4, 0.5) is 0 Å². The van der Waals surface area contributed by atoms with Gasteiger partial charge in [0.25, 0.3) is 0 Å². The molecule has 1 amide bonds. The van der Waals surface area contributed by atoms with Crippen molar-refractivity contribution in [3.05, 3.63) is 12.3 Å². The third-order valence-corrected chi connectivity index (χ3v) is 1.92. The molecule has 1 fully saturated rings. The van der Waals surface area contributed by atoms with Gasteiger partial charge in [-0.15, -0.1) is 0 Å². The highest BCUT2D eigenvalue weighted by molar-refractivity contribution is 7.81. The van der Waals surface area contributed by atoms with Gasteiger partial charge in [0, 0.05) is 19.2 Å². The summed E-state index contributed by atoms with van der Waals surface area (Å²) in [7, 11) is 1.72. The molecular weight excluding hydrogens is 158 g/mol. The predicted molar refractivity (Wildman–Crippen MR) is 50.6 cm³/mol. The van der Waals surface area contributed by atoms with E-state index in [1.165, 1.54) is 0 Å². The molecule has 1 unspecified atom stereocenters. The van der Waals surface area contributed by atoms with Gasteiger partial charge in [-0.1, -0.05) is 20.4 Å². The third-order valence-electron chi connectivity index (χ3n) is 1.52. The zero-order chi connectivity index (χ0) is 9.02. The van der Waals surface area contributed by atoms with Gasteiger partial charge in [-0.05, 0) is 0 Å². The van der Waals surface area contributed by atoms with Crippen molar-refractivity contribution < 1.29 is 4.79 Å². The second-order valence-corrected chi connectivity index (χ2v) is 2.81. The highest BCUT2D eigenvalue weighted by atomic mass is 32.1. The Kier molecular flexibility index (Phi) is 4.26. The zero-order valence-corrected chi connectivity index (χ0v) is 8.19. The van der Waals surface area contributed by atoms with Gasteiger partial charge in [-0.25, -0.2) is 0 Å². The van der Waals surface area contributed by atoms with Gasteiger partial charge in [-0.2, -0.15) is 12.6 Å². The van der Waals surface area contributed by atoms with E-state index in [2.05, 4.69) is 19.2 Å². The Bertz CT molecular complexity index is 167. The van der Waals surface area contributed by atoms with E-state index in [-0.39, 0.29) is 11.2 Å². The zero-order valence-electron chi connectivity index (χ0n) is 7.29. The van der Waals surface area contributed by atoms with Crippen LogP contribution >= 0.6 is 12.6 Å². The minimum Gasteiger partial charge on any atom is -0.319 e. The number of nitrogens with zero attached hydrogens (tertiary/aromatic N) is 1. The van der Waals surface area contributed by atoms with Crippen molar-refractivity contribution in [1.29, 1.82) is 0 Å². The first-order valence-electron chi connectivity index (χ1n) is 3.76. The molecule has 0 spiro atoms. The van der Waals surface area contributed by atoms with E-state index in [1.54, 1.807) is 11.9 Å². The monoisotopic (exact) mass is 173 g/mol. The van der Waals surface area contributed by atoms with Gasteiger partial charge < -0.3 is 4.90 Å². The number of rotatable bonds is 0. The van der Waals surface area contributed by atoms with Gasteiger partial charge >= 0.3 is 0 Å². The molecule has 0 aliphatic carbocycles. The molecule has 2 nitrogen and oxygen atoms in total. The fraction of sp³-hybridized carbons (Fsp3) is 0.625. The maximum atomic E-state index is 10.9. The molecule has 0 aromatic carbocycles. The van der Waals surface area contributed by atoms with E-state index in [0.29, 0.717) is 6.42 Å². The first kappa shape index (κ1) is 10.6. The summed E-state index contributed by atoms with van der Waals surface area (Å²) >= 11 is 4.05. The lowest BCUT2D eigenvalue weighted by atomic mass is 10.3. The van der Waals surface area contributed by atoms with Crippen LogP contribution in [0.2, 0.25) is 0 Å². The van der Waals surface area contributed by atoms with Crippen molar-refractivity contribution in [2.24, 2.45) is 0 Å². The Morgan fingerprint density at radius 2 is 2.09 bits per heavy atom. The Morgan fingerprint density at radius 1 is 1.64 bits per heavy atom. The van der Waals surface area contributed by atoms with Crippen molar-refractivity contribution in [2.75, 3.05) is 7.05 Å². The van der Waals surface area contributed by atoms with Gasteiger partial charge in [0.05, 0.1) is 5.25 Å². The largest absolute Gasteiger partial charge is 0.319 e. The molecule has 0 bridgehead atoms. The summed E-state index contributed by atoms with van der Waals surface area (Å²) in [6, 6.07) is 0. The summed E-state index contributed by atoms with van der Waals surface area (Å²) in [6.07, 6.45) is 0.693. The maximum absolute atomic E-state index is 10.9. The molecule has 0 radical (unpaired) electrons. The number of likely N-dealkylation sites (tertiary alicyclic amines) is 1. The lowest BCUT2D eigenvalue weighted by molar-refractivity contribution is -0.125. The minimum absolute atomic E-state index is 0.0586. The van der Waals surface area contributed by atoms with Crippen LogP contribution in [0, 0.1) is 0 Å². The molecule has 0 N–H and O–H groups in total. The molecule has 1 saturated heterocycles. The molecular formula is C8H15NOS. The SMILES string of the molecule is C=C1CC(S)C(=O)N1C.CC. The van der Waals surface area contributed by atoms with Gasteiger partial charge in [0.15, 0.2) is 0 Å². The Balaban J connectivity index is 0.000000461. The van der Waals surface area contributed by atoms with Crippen LogP contribution in [0.3, 0.4) is 0 Å². The van der Waals surface area contributed by atoms with Crippen molar-refractivity contribution in [3.8, 4) is 0 Å². The van der Waals surface area contributed by atoms with Crippen molar-refractivity contribution >= 4 is 18.5 Å². The molecule has 1 aliphatic heterocycles. The maximum Gasteiger partial charge on any atom is 0.239 e. The molecule has 3 heteroatoms. The quantitative estimate of drug-likeness (QED) is 0.553. The fourth-order valence-electron chi connectivity index (χ4n) is 0.827. The summed E-state index contributed by atoms with van der Waals surface area (Å²) in [4.78, 5) is 12.5. The lowest BCUT2D eigenvalue weighted by Gasteiger charge is -2.07. The number of carbonyl (C=O) groups is 1. The lowest BCUT2D eigenvalue weighted by Crippen LogP contribution is -2.21. The topological polar surface area (TPSA) is 20.3 Å². The highest BCUT2D eigenvalue weighted by Crippen LogP contribution is 2.22. The molecule has 0 aromatic heterocycles. The van der Waals surface area contributed by atoms with Crippen LogP contribution in [0.25, 0.3) is 0 Å². The molecule has 0 saturated carbocycles. The smallest absolute Gasteiger partial charge is 0.239 e. The Hall–Kier alpha value is -0.440. The molecule has 0 aromatic rings. The van der Waals surface area contributed by atoms with E-state index in [4.69, 9.17) is 0 Å². The number of hydrogen-bond donors (Lipinski definition) is 1. The standard InChI is InChI=1S/C6H9NOS.C2H6/c1-4-3-5(9)6(8)7(4)2;1-2/h5,9H,1,3H2,2H3;1-2H3. The Labute approximate surface area is 73.7 Å². The minimum atomic E-state index is -0.150. The van der Waals surface area contributed by atoms with Crippen LogP contribution in [0.1, 0.15) is 20.3 Å². The van der Waals surface area contributed by atoms with E-state index in [1.807, 2.05) is 13.8 Å². The second kappa shape index (κ2) is 4.44. The number of carbonyl (C=O) groups excluding carboxylic acids is 1. The van der Waals surface area contributed by atoms with Gasteiger partial charge in [0.2, 0.25) is 5.91 Å². The second-order valence-electron chi connectivity index (χ2n) is 2.18. The number of allylic oxidation sites excluding steroid dienone is 1. The van der Waals surface area contributed by atoms with Crippen LogP contribution in [0.5, 0.6) is 0 Å². The Morgan fingerprint density at radius 3 is 2.18 bits per heavy atom. The van der Waals surface area contributed by atoms with Crippen LogP contribution in [0.15, 0.2) is 12.3 Å². The van der Waals surface area contributed by atoms with Crippen molar-refractivity contribution in [3.63, 3.8) is 0 Å². The summed E-state index contributed by atoms with van der Waals surface area (Å²) in [5.41, 5.74) is 0.861. The normalized spacial score (nSPS) is 23.3.